The summed E-state index contributed by atoms with van der Waals surface area (Å²) in [6.07, 6.45) is 2.26. The van der Waals surface area contributed by atoms with Gasteiger partial charge in [-0.1, -0.05) is 0 Å². The van der Waals surface area contributed by atoms with Gasteiger partial charge in [-0.25, -0.2) is 12.8 Å². The van der Waals surface area contributed by atoms with Gasteiger partial charge in [0.2, 0.25) is 10.0 Å². The smallest absolute Gasteiger partial charge is 0.243 e. The molecule has 1 atom stereocenters. The molecular formula is C17H22FN5O2S. The van der Waals surface area contributed by atoms with Crippen molar-refractivity contribution in [2.75, 3.05) is 19.6 Å². The molecule has 9 heteroatoms. The Morgan fingerprint density at radius 3 is 2.88 bits per heavy atom. The molecule has 4 rings (SSSR count). The molecule has 1 fully saturated rings. The number of sulfonamides is 1. The molecule has 3 heterocycles. The first-order chi connectivity index (χ1) is 12.5. The summed E-state index contributed by atoms with van der Waals surface area (Å²) in [7, 11) is -3.72. The minimum Gasteiger partial charge on any atom is -0.315 e. The summed E-state index contributed by atoms with van der Waals surface area (Å²) < 4.78 is 43.4. The Morgan fingerprint density at radius 2 is 2.08 bits per heavy atom. The maximum atomic E-state index is 13.6. The van der Waals surface area contributed by atoms with Crippen molar-refractivity contribution in [3.8, 4) is 0 Å². The van der Waals surface area contributed by atoms with Gasteiger partial charge < -0.3 is 9.88 Å². The summed E-state index contributed by atoms with van der Waals surface area (Å²) in [5, 5.41) is 11.9. The van der Waals surface area contributed by atoms with E-state index in [9.17, 15) is 12.8 Å². The summed E-state index contributed by atoms with van der Waals surface area (Å²) in [6, 6.07) is 3.61. The van der Waals surface area contributed by atoms with Crippen LogP contribution in [0.3, 0.4) is 0 Å². The third-order valence-electron chi connectivity index (χ3n) is 5.13. The van der Waals surface area contributed by atoms with Crippen molar-refractivity contribution in [3.05, 3.63) is 41.2 Å². The largest absolute Gasteiger partial charge is 0.315 e. The predicted molar refractivity (Wildman–Crippen MR) is 93.6 cm³/mol. The molecule has 2 aliphatic rings. The monoisotopic (exact) mass is 379 g/mol. The third kappa shape index (κ3) is 2.93. The van der Waals surface area contributed by atoms with Crippen molar-refractivity contribution < 1.29 is 12.8 Å². The SMILES string of the molecule is Cc1cc(S(=O)(=O)N2CCC[C@@H]2c2nnc3n2CCNCC3)ccc1F. The number of rotatable bonds is 3. The lowest BCUT2D eigenvalue weighted by Crippen LogP contribution is -2.32. The second kappa shape index (κ2) is 6.71. The molecule has 1 saturated heterocycles. The number of hydrogen-bond donors (Lipinski definition) is 1. The molecule has 2 aromatic rings. The van der Waals surface area contributed by atoms with Crippen molar-refractivity contribution in [1.82, 2.24) is 24.4 Å². The van der Waals surface area contributed by atoms with Gasteiger partial charge in [0.25, 0.3) is 0 Å². The van der Waals surface area contributed by atoms with E-state index in [1.54, 1.807) is 6.92 Å². The predicted octanol–water partition coefficient (Wildman–Crippen LogP) is 1.40. The van der Waals surface area contributed by atoms with Crippen LogP contribution in [-0.2, 0) is 23.0 Å². The van der Waals surface area contributed by atoms with E-state index >= 15 is 0 Å². The van der Waals surface area contributed by atoms with Crippen molar-refractivity contribution >= 4 is 10.0 Å². The molecule has 1 aromatic heterocycles. The van der Waals surface area contributed by atoms with Gasteiger partial charge in [0.15, 0.2) is 5.82 Å². The van der Waals surface area contributed by atoms with Crippen molar-refractivity contribution in [2.24, 2.45) is 0 Å². The van der Waals surface area contributed by atoms with E-state index in [1.807, 2.05) is 0 Å². The van der Waals surface area contributed by atoms with Crippen molar-refractivity contribution in [2.45, 2.75) is 43.7 Å². The zero-order chi connectivity index (χ0) is 18.3. The van der Waals surface area contributed by atoms with Crippen LogP contribution in [0.4, 0.5) is 4.39 Å². The lowest BCUT2D eigenvalue weighted by Gasteiger charge is -2.24. The van der Waals surface area contributed by atoms with Gasteiger partial charge in [0, 0.05) is 32.6 Å². The van der Waals surface area contributed by atoms with Crippen LogP contribution in [0.1, 0.15) is 36.1 Å². The minimum atomic E-state index is -3.72. The van der Waals surface area contributed by atoms with Crippen LogP contribution in [-0.4, -0.2) is 47.1 Å². The van der Waals surface area contributed by atoms with E-state index in [2.05, 4.69) is 20.1 Å². The van der Waals surface area contributed by atoms with Gasteiger partial charge >= 0.3 is 0 Å². The summed E-state index contributed by atoms with van der Waals surface area (Å²) in [4.78, 5) is 0.126. The summed E-state index contributed by atoms with van der Waals surface area (Å²) in [6.45, 7) is 4.40. The zero-order valence-corrected chi connectivity index (χ0v) is 15.5. The molecule has 0 amide bonds. The average molecular weight is 379 g/mol. The number of nitrogens with one attached hydrogen (secondary N) is 1. The van der Waals surface area contributed by atoms with Crippen LogP contribution in [0, 0.1) is 12.7 Å². The number of benzene rings is 1. The Kier molecular flexibility index (Phi) is 4.54. The number of fused-ring (bicyclic) bond motifs is 1. The van der Waals surface area contributed by atoms with Gasteiger partial charge in [0.1, 0.15) is 11.6 Å². The standard InChI is InChI=1S/C17H22FN5O2S/c1-12-11-13(4-5-14(12)18)26(24,25)23-9-2-3-15(23)17-21-20-16-6-7-19-8-10-22(16)17/h4-5,11,15,19H,2-3,6-10H2,1H3/t15-/m1/s1. The quantitative estimate of drug-likeness (QED) is 0.872. The Morgan fingerprint density at radius 1 is 1.23 bits per heavy atom. The fourth-order valence-electron chi connectivity index (χ4n) is 3.74. The van der Waals surface area contributed by atoms with Crippen LogP contribution < -0.4 is 5.32 Å². The Hall–Kier alpha value is -1.84. The van der Waals surface area contributed by atoms with Gasteiger partial charge in [-0.05, 0) is 43.5 Å². The van der Waals surface area contributed by atoms with E-state index in [0.29, 0.717) is 24.4 Å². The number of halogens is 1. The van der Waals surface area contributed by atoms with Gasteiger partial charge in [-0.2, -0.15) is 4.31 Å². The molecule has 26 heavy (non-hydrogen) atoms. The van der Waals surface area contributed by atoms with Crippen molar-refractivity contribution in [3.63, 3.8) is 0 Å². The lowest BCUT2D eigenvalue weighted by atomic mass is 10.2. The summed E-state index contributed by atoms with van der Waals surface area (Å²) in [5.41, 5.74) is 0.323. The Labute approximate surface area is 152 Å². The first-order valence-electron chi connectivity index (χ1n) is 8.89. The minimum absolute atomic E-state index is 0.126. The number of aromatic nitrogens is 3. The summed E-state index contributed by atoms with van der Waals surface area (Å²) in [5.74, 6) is 1.20. The maximum Gasteiger partial charge on any atom is 0.243 e. The highest BCUT2D eigenvalue weighted by molar-refractivity contribution is 7.89. The lowest BCUT2D eigenvalue weighted by molar-refractivity contribution is 0.371. The Bertz CT molecular complexity index is 927. The first-order valence-corrected chi connectivity index (χ1v) is 10.3. The van der Waals surface area contributed by atoms with E-state index in [1.165, 1.54) is 22.5 Å². The van der Waals surface area contributed by atoms with E-state index in [0.717, 1.165) is 38.3 Å². The second-order valence-corrected chi connectivity index (χ2v) is 8.70. The molecule has 7 nitrogen and oxygen atoms in total. The fourth-order valence-corrected chi connectivity index (χ4v) is 5.48. The molecule has 2 aliphatic heterocycles. The van der Waals surface area contributed by atoms with E-state index < -0.39 is 15.8 Å². The maximum absolute atomic E-state index is 13.6. The normalized spacial score (nSPS) is 21.5. The highest BCUT2D eigenvalue weighted by Gasteiger charge is 2.39. The van der Waals surface area contributed by atoms with Crippen LogP contribution in [0.25, 0.3) is 0 Å². The molecule has 1 aromatic carbocycles. The molecular weight excluding hydrogens is 357 g/mol. The van der Waals surface area contributed by atoms with Crippen LogP contribution in [0.2, 0.25) is 0 Å². The Balaban J connectivity index is 1.70. The van der Waals surface area contributed by atoms with Crippen LogP contribution in [0.15, 0.2) is 23.1 Å². The third-order valence-corrected chi connectivity index (χ3v) is 7.04. The molecule has 0 bridgehead atoms. The molecule has 0 spiro atoms. The van der Waals surface area contributed by atoms with Crippen LogP contribution >= 0.6 is 0 Å². The van der Waals surface area contributed by atoms with E-state index in [4.69, 9.17) is 0 Å². The molecule has 1 N–H and O–H groups in total. The fraction of sp³-hybridized carbons (Fsp3) is 0.529. The van der Waals surface area contributed by atoms with Gasteiger partial charge in [-0.15, -0.1) is 10.2 Å². The first kappa shape index (κ1) is 17.6. The molecule has 0 radical (unpaired) electrons. The highest BCUT2D eigenvalue weighted by Crippen LogP contribution is 2.36. The molecule has 0 aliphatic carbocycles. The zero-order valence-electron chi connectivity index (χ0n) is 14.7. The second-order valence-electron chi connectivity index (χ2n) is 6.81. The van der Waals surface area contributed by atoms with E-state index in [-0.39, 0.29) is 10.9 Å². The molecule has 0 saturated carbocycles. The van der Waals surface area contributed by atoms with Gasteiger partial charge in [-0.3, -0.25) is 0 Å². The highest BCUT2D eigenvalue weighted by atomic mass is 32.2. The van der Waals surface area contributed by atoms with Gasteiger partial charge in [0.05, 0.1) is 10.9 Å². The number of nitrogens with zero attached hydrogens (tertiary/aromatic N) is 4. The number of aryl methyl sites for hydroxylation is 1. The summed E-state index contributed by atoms with van der Waals surface area (Å²) >= 11 is 0. The van der Waals surface area contributed by atoms with Crippen LogP contribution in [0.5, 0.6) is 0 Å². The van der Waals surface area contributed by atoms with Crippen molar-refractivity contribution in [1.29, 1.82) is 0 Å². The number of hydrogen-bond acceptors (Lipinski definition) is 5. The topological polar surface area (TPSA) is 80.1 Å². The molecule has 140 valence electrons. The molecule has 0 unspecified atom stereocenters. The average Bonchev–Trinajstić information content (AvgIpc) is 3.18.